The highest BCUT2D eigenvalue weighted by Crippen LogP contribution is 2.36. The maximum absolute atomic E-state index is 11.8. The van der Waals surface area contributed by atoms with E-state index in [0.717, 1.165) is 0 Å². The van der Waals surface area contributed by atoms with Gasteiger partial charge in [0.15, 0.2) is 0 Å². The molecule has 0 unspecified atom stereocenters. The molecular formula is C21H19ClN6O6. The number of hydrogen-bond acceptors (Lipinski definition) is 11. The van der Waals surface area contributed by atoms with Gasteiger partial charge in [-0.15, -0.1) is 15.1 Å². The van der Waals surface area contributed by atoms with Gasteiger partial charge in [0, 0.05) is 12.6 Å². The molecule has 0 aromatic heterocycles. The Morgan fingerprint density at radius 2 is 1.74 bits per heavy atom. The first-order valence-electron chi connectivity index (χ1n) is 9.51. The lowest BCUT2D eigenvalue weighted by Crippen LogP contribution is -2.35. The predicted octanol–water partition coefficient (Wildman–Crippen LogP) is 4.14. The molecule has 12 nitrogen and oxygen atoms in total. The van der Waals surface area contributed by atoms with Crippen molar-refractivity contribution in [1.29, 1.82) is 5.26 Å². The van der Waals surface area contributed by atoms with Gasteiger partial charge >= 0.3 is 11.9 Å². The van der Waals surface area contributed by atoms with Crippen LogP contribution in [-0.4, -0.2) is 45.2 Å². The Bertz CT molecular complexity index is 1180. The van der Waals surface area contributed by atoms with Crippen molar-refractivity contribution in [3.63, 3.8) is 0 Å². The number of halogens is 1. The van der Waals surface area contributed by atoms with Crippen LogP contribution in [0.4, 0.5) is 28.4 Å². The minimum absolute atomic E-state index is 0.00688. The number of nitrogens with one attached hydrogen (secondary N) is 1. The third kappa shape index (κ3) is 6.81. The second kappa shape index (κ2) is 12.0. The normalized spacial score (nSPS) is 10.3. The molecule has 0 aliphatic heterocycles. The largest absolute Gasteiger partial charge is 0.468 e. The van der Waals surface area contributed by atoms with E-state index in [4.69, 9.17) is 11.6 Å². The highest BCUT2D eigenvalue weighted by atomic mass is 35.5. The van der Waals surface area contributed by atoms with Crippen LogP contribution >= 0.6 is 11.6 Å². The van der Waals surface area contributed by atoms with Crippen molar-refractivity contribution >= 4 is 57.9 Å². The number of benzene rings is 2. The standard InChI is InChI=1S/C21H19ClN6O6/c1-12(29)24-18-8-15(28(10-19(30)33-2)11-20(31)34-3)4-5-17(18)25-26-21-13(9-23)6-14(27-32)7-16(21)22/h4-8H,10-11H2,1-3H3,(H,24,29). The lowest BCUT2D eigenvalue weighted by atomic mass is 10.2. The zero-order chi connectivity index (χ0) is 25.3. The van der Waals surface area contributed by atoms with E-state index in [2.05, 4.69) is 30.2 Å². The number of ether oxygens (including phenoxy) is 2. The van der Waals surface area contributed by atoms with E-state index in [-0.39, 0.29) is 46.4 Å². The third-order valence-corrected chi connectivity index (χ3v) is 4.57. The van der Waals surface area contributed by atoms with Gasteiger partial charge in [-0.1, -0.05) is 11.6 Å². The molecule has 0 saturated heterocycles. The van der Waals surface area contributed by atoms with Crippen LogP contribution in [-0.2, 0) is 23.9 Å². The fourth-order valence-corrected chi connectivity index (χ4v) is 2.96. The maximum Gasteiger partial charge on any atom is 0.325 e. The van der Waals surface area contributed by atoms with E-state index in [9.17, 15) is 24.6 Å². The molecule has 0 radical (unpaired) electrons. The molecule has 0 fully saturated rings. The molecule has 0 saturated carbocycles. The number of nitroso groups, excluding NO2 is 1. The predicted molar refractivity (Wildman–Crippen MR) is 123 cm³/mol. The van der Waals surface area contributed by atoms with Crippen molar-refractivity contribution < 1.29 is 23.9 Å². The van der Waals surface area contributed by atoms with Crippen LogP contribution < -0.4 is 10.2 Å². The summed E-state index contributed by atoms with van der Waals surface area (Å²) in [7, 11) is 2.42. The van der Waals surface area contributed by atoms with E-state index < -0.39 is 17.8 Å². The maximum atomic E-state index is 11.8. The molecule has 1 amide bonds. The quantitative estimate of drug-likeness (QED) is 0.314. The summed E-state index contributed by atoms with van der Waals surface area (Å²) in [5, 5.41) is 22.7. The van der Waals surface area contributed by atoms with Crippen LogP contribution in [0, 0.1) is 16.2 Å². The van der Waals surface area contributed by atoms with Gasteiger partial charge < -0.3 is 19.7 Å². The summed E-state index contributed by atoms with van der Waals surface area (Å²) in [6.07, 6.45) is 0. The number of methoxy groups -OCH3 is 2. The summed E-state index contributed by atoms with van der Waals surface area (Å²) in [6, 6.07) is 8.81. The van der Waals surface area contributed by atoms with Crippen molar-refractivity contribution in [3.8, 4) is 6.07 Å². The van der Waals surface area contributed by atoms with Gasteiger partial charge in [-0.3, -0.25) is 14.4 Å². The van der Waals surface area contributed by atoms with E-state index in [1.54, 1.807) is 0 Å². The number of rotatable bonds is 9. The van der Waals surface area contributed by atoms with Crippen molar-refractivity contribution in [2.75, 3.05) is 37.5 Å². The number of nitrogens with zero attached hydrogens (tertiary/aromatic N) is 5. The Morgan fingerprint density at radius 3 is 2.26 bits per heavy atom. The number of amides is 1. The molecule has 2 aromatic rings. The minimum atomic E-state index is -0.597. The number of carbonyl (C=O) groups is 3. The Morgan fingerprint density at radius 1 is 1.09 bits per heavy atom. The Hall–Kier alpha value is -4.37. The molecule has 2 aromatic carbocycles. The number of anilines is 2. The third-order valence-electron chi connectivity index (χ3n) is 4.28. The molecule has 0 atom stereocenters. The summed E-state index contributed by atoms with van der Waals surface area (Å²) >= 11 is 6.11. The second-order valence-electron chi connectivity index (χ2n) is 6.62. The van der Waals surface area contributed by atoms with Crippen LogP contribution in [0.1, 0.15) is 12.5 Å². The molecule has 0 aliphatic carbocycles. The van der Waals surface area contributed by atoms with Gasteiger partial charge in [-0.05, 0) is 35.5 Å². The van der Waals surface area contributed by atoms with Crippen LogP contribution in [0.2, 0.25) is 5.02 Å². The number of hydrogen-bond donors (Lipinski definition) is 1. The van der Waals surface area contributed by atoms with Crippen LogP contribution in [0.25, 0.3) is 0 Å². The second-order valence-corrected chi connectivity index (χ2v) is 7.03. The van der Waals surface area contributed by atoms with Crippen LogP contribution in [0.15, 0.2) is 45.7 Å². The first-order chi connectivity index (χ1) is 16.2. The Kier molecular flexibility index (Phi) is 9.16. The van der Waals surface area contributed by atoms with Crippen molar-refractivity contribution in [3.05, 3.63) is 45.8 Å². The molecule has 1 N–H and O–H groups in total. The molecule has 0 spiro atoms. The van der Waals surface area contributed by atoms with Crippen molar-refractivity contribution in [2.45, 2.75) is 6.92 Å². The topological polar surface area (TPSA) is 163 Å². The van der Waals surface area contributed by atoms with E-state index in [0.29, 0.717) is 5.69 Å². The first-order valence-corrected chi connectivity index (χ1v) is 9.89. The summed E-state index contributed by atoms with van der Waals surface area (Å²) in [6.45, 7) is 0.762. The van der Waals surface area contributed by atoms with Gasteiger partial charge in [0.05, 0.1) is 30.5 Å². The monoisotopic (exact) mass is 486 g/mol. The van der Waals surface area contributed by atoms with Crippen molar-refractivity contribution in [1.82, 2.24) is 0 Å². The summed E-state index contributed by atoms with van der Waals surface area (Å²) in [5.74, 6) is -1.61. The van der Waals surface area contributed by atoms with E-state index in [1.807, 2.05) is 6.07 Å². The molecule has 34 heavy (non-hydrogen) atoms. The molecular weight excluding hydrogens is 468 g/mol. The molecule has 176 valence electrons. The van der Waals surface area contributed by atoms with E-state index >= 15 is 0 Å². The highest BCUT2D eigenvalue weighted by molar-refractivity contribution is 6.33. The smallest absolute Gasteiger partial charge is 0.325 e. The lowest BCUT2D eigenvalue weighted by molar-refractivity contribution is -0.140. The molecule has 0 heterocycles. The van der Waals surface area contributed by atoms with Gasteiger partial charge in [0.25, 0.3) is 0 Å². The highest BCUT2D eigenvalue weighted by Gasteiger charge is 2.18. The molecule has 0 bridgehead atoms. The van der Waals surface area contributed by atoms with Gasteiger partial charge in [-0.25, -0.2) is 0 Å². The average Bonchev–Trinajstić information content (AvgIpc) is 2.82. The molecule has 0 aliphatic rings. The Balaban J connectivity index is 2.51. The Labute approximate surface area is 199 Å². The number of nitriles is 1. The zero-order valence-corrected chi connectivity index (χ0v) is 19.1. The van der Waals surface area contributed by atoms with Crippen molar-refractivity contribution in [2.24, 2.45) is 15.4 Å². The first kappa shape index (κ1) is 25.9. The van der Waals surface area contributed by atoms with Crippen LogP contribution in [0.5, 0.6) is 0 Å². The van der Waals surface area contributed by atoms with E-state index in [1.165, 1.54) is 56.4 Å². The zero-order valence-electron chi connectivity index (χ0n) is 18.4. The number of carbonyl (C=O) groups excluding carboxylic acids is 3. The fraction of sp³-hybridized carbons (Fsp3) is 0.238. The van der Waals surface area contributed by atoms with Gasteiger partial charge in [-0.2, -0.15) is 5.26 Å². The summed E-state index contributed by atoms with van der Waals surface area (Å²) in [5.41, 5.74) is 0.718. The number of esters is 2. The minimum Gasteiger partial charge on any atom is -0.468 e. The number of azo groups is 1. The fourth-order valence-electron chi connectivity index (χ4n) is 2.71. The summed E-state index contributed by atoms with van der Waals surface area (Å²) < 4.78 is 9.34. The van der Waals surface area contributed by atoms with Gasteiger partial charge in [0.2, 0.25) is 5.91 Å². The molecule has 2 rings (SSSR count). The van der Waals surface area contributed by atoms with Gasteiger partial charge in [0.1, 0.15) is 36.2 Å². The SMILES string of the molecule is COC(=O)CN(CC(=O)OC)c1ccc(N=Nc2c(Cl)cc(N=O)cc2C#N)c(NC(C)=O)c1. The summed E-state index contributed by atoms with van der Waals surface area (Å²) in [4.78, 5) is 47.5. The van der Waals surface area contributed by atoms with Crippen LogP contribution in [0.3, 0.4) is 0 Å². The lowest BCUT2D eigenvalue weighted by Gasteiger charge is -2.23. The average molecular weight is 487 g/mol. The molecule has 13 heteroatoms.